The summed E-state index contributed by atoms with van der Waals surface area (Å²) in [6, 6.07) is 8.37. The fourth-order valence-corrected chi connectivity index (χ4v) is 4.68. The molecule has 0 saturated heterocycles. The third-order valence-electron chi connectivity index (χ3n) is 6.75. The van der Waals surface area contributed by atoms with E-state index < -0.39 is 6.17 Å². The minimum absolute atomic E-state index is 0.187. The molecule has 1 aromatic rings. The van der Waals surface area contributed by atoms with E-state index in [4.69, 9.17) is 4.74 Å². The van der Waals surface area contributed by atoms with Gasteiger partial charge in [0.25, 0.3) is 0 Å². The van der Waals surface area contributed by atoms with Gasteiger partial charge in [0.2, 0.25) is 0 Å². The molecule has 2 heteroatoms. The first kappa shape index (κ1) is 24.2. The average Bonchev–Trinajstić information content (AvgIpc) is 2.75. The van der Waals surface area contributed by atoms with Crippen molar-refractivity contribution in [3.05, 3.63) is 29.8 Å². The minimum Gasteiger partial charge on any atom is -0.491 e. The van der Waals surface area contributed by atoms with Crippen molar-refractivity contribution in [2.24, 2.45) is 11.8 Å². The number of benzene rings is 1. The van der Waals surface area contributed by atoms with Crippen LogP contribution in [0.4, 0.5) is 4.39 Å². The molecule has 0 amide bonds. The molecule has 0 bridgehead atoms. The zero-order valence-corrected chi connectivity index (χ0v) is 19.1. The summed E-state index contributed by atoms with van der Waals surface area (Å²) >= 11 is 0. The number of unbranched alkanes of at least 4 members (excludes halogenated alkanes) is 5. The molecule has 0 spiro atoms. The minimum atomic E-state index is -0.844. The fraction of sp³-hybridized carbons (Fsp3) is 0.778. The molecule has 1 aliphatic carbocycles. The standard InChI is InChI=1S/C27H45FO/c1-3-5-7-9-11-26(28)22-29-27-20-18-25(19-21-27)17-16-24-14-12-23(13-15-24)10-8-6-4-2/h18-21,23-24,26H,3-17,22H2,1-2H3. The SMILES string of the molecule is CCCCCCC(F)COc1ccc(CCC2CCC(CCCCC)CC2)cc1. The molecule has 1 nitrogen and oxygen atoms in total. The van der Waals surface area contributed by atoms with Gasteiger partial charge in [-0.05, 0) is 48.8 Å². The van der Waals surface area contributed by atoms with Crippen LogP contribution in [0.2, 0.25) is 0 Å². The molecular formula is C27H45FO. The Morgan fingerprint density at radius 3 is 2.10 bits per heavy atom. The van der Waals surface area contributed by atoms with E-state index in [1.54, 1.807) is 0 Å². The maximum absolute atomic E-state index is 13.9. The quantitative estimate of drug-likeness (QED) is 0.266. The number of halogens is 1. The molecule has 1 saturated carbocycles. The third kappa shape index (κ3) is 10.5. The van der Waals surface area contributed by atoms with Crippen LogP contribution in [0.25, 0.3) is 0 Å². The lowest BCUT2D eigenvalue weighted by Crippen LogP contribution is -2.15. The maximum Gasteiger partial charge on any atom is 0.134 e. The summed E-state index contributed by atoms with van der Waals surface area (Å²) in [7, 11) is 0. The van der Waals surface area contributed by atoms with Crippen molar-refractivity contribution in [2.75, 3.05) is 6.61 Å². The lowest BCUT2D eigenvalue weighted by atomic mass is 9.78. The van der Waals surface area contributed by atoms with Gasteiger partial charge in [-0.15, -0.1) is 0 Å². The zero-order chi connectivity index (χ0) is 20.7. The van der Waals surface area contributed by atoms with E-state index in [0.717, 1.165) is 36.8 Å². The van der Waals surface area contributed by atoms with Crippen molar-refractivity contribution in [2.45, 2.75) is 116 Å². The first-order valence-electron chi connectivity index (χ1n) is 12.6. The largest absolute Gasteiger partial charge is 0.491 e. The highest BCUT2D eigenvalue weighted by molar-refractivity contribution is 5.27. The number of rotatable bonds is 15. The van der Waals surface area contributed by atoms with Gasteiger partial charge in [-0.2, -0.15) is 0 Å². The van der Waals surface area contributed by atoms with E-state index in [-0.39, 0.29) is 6.61 Å². The molecule has 0 aliphatic heterocycles. The lowest BCUT2D eigenvalue weighted by molar-refractivity contribution is 0.184. The molecule has 2 rings (SSSR count). The Morgan fingerprint density at radius 1 is 0.828 bits per heavy atom. The highest BCUT2D eigenvalue weighted by Gasteiger charge is 2.20. The molecule has 1 fully saturated rings. The Hall–Kier alpha value is -1.05. The van der Waals surface area contributed by atoms with Gasteiger partial charge < -0.3 is 4.74 Å². The van der Waals surface area contributed by atoms with E-state index in [1.165, 1.54) is 76.2 Å². The maximum atomic E-state index is 13.9. The number of alkyl halides is 1. The molecule has 1 aromatic carbocycles. The van der Waals surface area contributed by atoms with Gasteiger partial charge in [0.1, 0.15) is 18.5 Å². The van der Waals surface area contributed by atoms with Gasteiger partial charge in [-0.1, -0.05) is 103 Å². The Labute approximate surface area is 179 Å². The summed E-state index contributed by atoms with van der Waals surface area (Å²) in [4.78, 5) is 0. The molecule has 1 atom stereocenters. The van der Waals surface area contributed by atoms with Crippen LogP contribution < -0.4 is 4.74 Å². The normalized spacial score (nSPS) is 20.5. The first-order chi connectivity index (χ1) is 14.2. The highest BCUT2D eigenvalue weighted by atomic mass is 19.1. The van der Waals surface area contributed by atoms with E-state index in [2.05, 4.69) is 26.0 Å². The smallest absolute Gasteiger partial charge is 0.134 e. The molecule has 166 valence electrons. The average molecular weight is 405 g/mol. The second-order valence-electron chi connectivity index (χ2n) is 9.32. The summed E-state index contributed by atoms with van der Waals surface area (Å²) in [6.07, 6.45) is 18.1. The van der Waals surface area contributed by atoms with Crippen molar-refractivity contribution in [1.82, 2.24) is 0 Å². The van der Waals surface area contributed by atoms with Crippen LogP contribution in [-0.4, -0.2) is 12.8 Å². The third-order valence-corrected chi connectivity index (χ3v) is 6.75. The Bertz CT molecular complexity index is 504. The van der Waals surface area contributed by atoms with Crippen molar-refractivity contribution in [3.63, 3.8) is 0 Å². The first-order valence-corrected chi connectivity index (χ1v) is 12.6. The Morgan fingerprint density at radius 2 is 1.45 bits per heavy atom. The van der Waals surface area contributed by atoms with Crippen LogP contribution in [0.15, 0.2) is 24.3 Å². The molecular weight excluding hydrogens is 359 g/mol. The van der Waals surface area contributed by atoms with Gasteiger partial charge in [0.15, 0.2) is 0 Å². The Kier molecular flexibility index (Phi) is 12.4. The summed E-state index contributed by atoms with van der Waals surface area (Å²) in [5, 5.41) is 0. The zero-order valence-electron chi connectivity index (χ0n) is 19.1. The van der Waals surface area contributed by atoms with E-state index in [0.29, 0.717) is 6.42 Å². The van der Waals surface area contributed by atoms with Crippen LogP contribution >= 0.6 is 0 Å². The van der Waals surface area contributed by atoms with Gasteiger partial charge in [0, 0.05) is 0 Å². The predicted octanol–water partition coefficient (Wildman–Crippen LogP) is 8.69. The number of ether oxygens (including phenoxy) is 1. The summed E-state index contributed by atoms with van der Waals surface area (Å²) in [5.74, 6) is 2.71. The van der Waals surface area contributed by atoms with Crippen LogP contribution in [0.3, 0.4) is 0 Å². The van der Waals surface area contributed by atoms with Crippen molar-refractivity contribution in [3.8, 4) is 5.75 Å². The fourth-order valence-electron chi connectivity index (χ4n) is 4.68. The van der Waals surface area contributed by atoms with E-state index >= 15 is 0 Å². The predicted molar refractivity (Wildman–Crippen MR) is 124 cm³/mol. The molecule has 1 unspecified atom stereocenters. The van der Waals surface area contributed by atoms with Gasteiger partial charge >= 0.3 is 0 Å². The topological polar surface area (TPSA) is 9.23 Å². The second-order valence-corrected chi connectivity index (χ2v) is 9.32. The molecule has 0 radical (unpaired) electrons. The number of hydrogen-bond donors (Lipinski definition) is 0. The molecule has 29 heavy (non-hydrogen) atoms. The molecule has 0 heterocycles. The van der Waals surface area contributed by atoms with Crippen molar-refractivity contribution < 1.29 is 9.13 Å². The summed E-state index contributed by atoms with van der Waals surface area (Å²) in [5.41, 5.74) is 1.39. The summed E-state index contributed by atoms with van der Waals surface area (Å²) in [6.45, 7) is 4.66. The molecule has 0 aromatic heterocycles. The lowest BCUT2D eigenvalue weighted by Gasteiger charge is -2.28. The van der Waals surface area contributed by atoms with Gasteiger partial charge in [0.05, 0.1) is 0 Å². The van der Waals surface area contributed by atoms with Crippen molar-refractivity contribution in [1.29, 1.82) is 0 Å². The van der Waals surface area contributed by atoms with Crippen LogP contribution in [0, 0.1) is 11.8 Å². The number of aryl methyl sites for hydroxylation is 1. The molecule has 1 aliphatic rings. The van der Waals surface area contributed by atoms with Gasteiger partial charge in [-0.3, -0.25) is 0 Å². The van der Waals surface area contributed by atoms with Crippen LogP contribution in [0.5, 0.6) is 5.75 Å². The van der Waals surface area contributed by atoms with Crippen LogP contribution in [-0.2, 0) is 6.42 Å². The number of hydrogen-bond acceptors (Lipinski definition) is 1. The van der Waals surface area contributed by atoms with Crippen LogP contribution in [0.1, 0.15) is 109 Å². The van der Waals surface area contributed by atoms with E-state index in [1.807, 2.05) is 12.1 Å². The van der Waals surface area contributed by atoms with E-state index in [9.17, 15) is 4.39 Å². The second kappa shape index (κ2) is 14.9. The highest BCUT2D eigenvalue weighted by Crippen LogP contribution is 2.34. The summed E-state index contributed by atoms with van der Waals surface area (Å²) < 4.78 is 19.6. The Balaban J connectivity index is 1.58. The molecule has 0 N–H and O–H groups in total. The van der Waals surface area contributed by atoms with Crippen molar-refractivity contribution >= 4 is 0 Å². The monoisotopic (exact) mass is 404 g/mol. The van der Waals surface area contributed by atoms with Gasteiger partial charge in [-0.25, -0.2) is 4.39 Å².